The van der Waals surface area contributed by atoms with Crippen LogP contribution in [0.3, 0.4) is 0 Å². The fraction of sp³-hybridized carbons (Fsp3) is 0. The van der Waals surface area contributed by atoms with Gasteiger partial charge in [-0.05, 0) is 0 Å². The molecule has 0 unspecified atom stereocenters. The first-order valence-corrected chi connectivity index (χ1v) is 4.24. The molecule has 0 saturated heterocycles. The zero-order valence-electron chi connectivity index (χ0n) is 6.30. The lowest BCUT2D eigenvalue weighted by molar-refractivity contribution is -0.384. The molecule has 0 fully saturated rings. The first kappa shape index (κ1) is 7.87. The lowest BCUT2D eigenvalue weighted by atomic mass is 10.4. The van der Waals surface area contributed by atoms with Crippen LogP contribution < -0.4 is 0 Å². The second kappa shape index (κ2) is 2.94. The molecule has 0 spiro atoms. The molecule has 0 amide bonds. The summed E-state index contributed by atoms with van der Waals surface area (Å²) in [6.07, 6.45) is 2.77. The topological polar surface area (TPSA) is 84.7 Å². The van der Waals surface area contributed by atoms with Crippen molar-refractivity contribution in [1.29, 1.82) is 0 Å². The van der Waals surface area contributed by atoms with Crippen molar-refractivity contribution < 1.29 is 4.92 Å². The molecule has 13 heavy (non-hydrogen) atoms. The highest BCUT2D eigenvalue weighted by atomic mass is 32.1. The van der Waals surface area contributed by atoms with E-state index in [1.807, 2.05) is 0 Å². The molecule has 6 nitrogen and oxygen atoms in total. The van der Waals surface area contributed by atoms with Crippen LogP contribution >= 0.6 is 11.3 Å². The molecule has 2 heterocycles. The molecule has 1 N–H and O–H groups in total. The van der Waals surface area contributed by atoms with E-state index in [4.69, 9.17) is 0 Å². The summed E-state index contributed by atoms with van der Waals surface area (Å²) in [7, 11) is 0. The quantitative estimate of drug-likeness (QED) is 0.581. The smallest absolute Gasteiger partial charge is 0.269 e. The van der Waals surface area contributed by atoms with Gasteiger partial charge in [0.2, 0.25) is 0 Å². The van der Waals surface area contributed by atoms with Crippen LogP contribution in [0.15, 0.2) is 17.8 Å². The van der Waals surface area contributed by atoms with Crippen molar-refractivity contribution in [2.24, 2.45) is 0 Å². The highest BCUT2D eigenvalue weighted by Crippen LogP contribution is 2.27. The van der Waals surface area contributed by atoms with Crippen LogP contribution in [0.1, 0.15) is 0 Å². The van der Waals surface area contributed by atoms with Gasteiger partial charge >= 0.3 is 5.69 Å². The average molecular weight is 196 g/mol. The molecule has 0 aliphatic carbocycles. The van der Waals surface area contributed by atoms with E-state index in [9.17, 15) is 10.1 Å². The van der Waals surface area contributed by atoms with Crippen LogP contribution in [-0.2, 0) is 0 Å². The summed E-state index contributed by atoms with van der Waals surface area (Å²) >= 11 is 1.33. The summed E-state index contributed by atoms with van der Waals surface area (Å²) in [4.78, 5) is 14.0. The number of thiazole rings is 1. The van der Waals surface area contributed by atoms with Crippen molar-refractivity contribution in [1.82, 2.24) is 15.2 Å². The van der Waals surface area contributed by atoms with Crippen LogP contribution in [0.2, 0.25) is 0 Å². The molecular formula is C6H4N4O2S. The molecule has 0 aromatic carbocycles. The number of H-pyrrole nitrogens is 1. The Labute approximate surface area is 76.4 Å². The number of nitro groups is 1. The summed E-state index contributed by atoms with van der Waals surface area (Å²) < 4.78 is 0. The van der Waals surface area contributed by atoms with Crippen molar-refractivity contribution in [3.63, 3.8) is 0 Å². The first-order chi connectivity index (χ1) is 6.29. The second-order valence-electron chi connectivity index (χ2n) is 2.22. The minimum Gasteiger partial charge on any atom is -0.269 e. The van der Waals surface area contributed by atoms with Crippen molar-refractivity contribution in [3.8, 4) is 10.7 Å². The summed E-state index contributed by atoms with van der Waals surface area (Å²) in [5.41, 5.74) is 0.315. The van der Waals surface area contributed by atoms with Gasteiger partial charge in [0.1, 0.15) is 11.2 Å². The van der Waals surface area contributed by atoms with E-state index >= 15 is 0 Å². The normalized spacial score (nSPS) is 10.2. The number of aromatic amines is 1. The number of hydrogen-bond acceptors (Lipinski definition) is 5. The van der Waals surface area contributed by atoms with Crippen LogP contribution in [0.5, 0.6) is 0 Å². The number of nitrogens with one attached hydrogen (secondary N) is 1. The van der Waals surface area contributed by atoms with Crippen molar-refractivity contribution >= 4 is 17.0 Å². The highest BCUT2D eigenvalue weighted by Gasteiger charge is 2.18. The largest absolute Gasteiger partial charge is 0.317 e. The van der Waals surface area contributed by atoms with Gasteiger partial charge in [0.15, 0.2) is 5.69 Å². The first-order valence-electron chi connectivity index (χ1n) is 3.36. The van der Waals surface area contributed by atoms with Gasteiger partial charge in [0, 0.05) is 11.6 Å². The number of nitrogens with zero attached hydrogens (tertiary/aromatic N) is 3. The Morgan fingerprint density at radius 1 is 1.62 bits per heavy atom. The van der Waals surface area contributed by atoms with Crippen LogP contribution in [0, 0.1) is 10.1 Å². The van der Waals surface area contributed by atoms with E-state index in [2.05, 4.69) is 15.2 Å². The molecule has 7 heteroatoms. The van der Waals surface area contributed by atoms with E-state index in [1.54, 1.807) is 11.6 Å². The van der Waals surface area contributed by atoms with E-state index in [0.29, 0.717) is 10.7 Å². The molecule has 2 rings (SSSR count). The molecule has 0 radical (unpaired) electrons. The maximum atomic E-state index is 10.5. The zero-order valence-corrected chi connectivity index (χ0v) is 7.11. The number of aromatic nitrogens is 3. The molecule has 2 aromatic rings. The summed E-state index contributed by atoms with van der Waals surface area (Å²) in [5.74, 6) is 0. The van der Waals surface area contributed by atoms with E-state index in [1.165, 1.54) is 17.5 Å². The Kier molecular flexibility index (Phi) is 1.78. The standard InChI is InChI=1S/C6H4N4O2S/c11-10(12)4-3-8-9-5(4)6-7-1-2-13-6/h1-3H,(H,8,9). The van der Waals surface area contributed by atoms with Gasteiger partial charge in [0.05, 0.1) is 4.92 Å². The lowest BCUT2D eigenvalue weighted by Crippen LogP contribution is -1.88. The van der Waals surface area contributed by atoms with Crippen LogP contribution in [-0.4, -0.2) is 20.1 Å². The molecule has 0 atom stereocenters. The van der Waals surface area contributed by atoms with Gasteiger partial charge in [-0.25, -0.2) is 4.98 Å². The summed E-state index contributed by atoms with van der Waals surface area (Å²) in [6, 6.07) is 0. The predicted molar refractivity (Wildman–Crippen MR) is 46.4 cm³/mol. The van der Waals surface area contributed by atoms with Crippen molar-refractivity contribution in [2.75, 3.05) is 0 Å². The Hall–Kier alpha value is -1.76. The third-order valence-corrected chi connectivity index (χ3v) is 2.25. The second-order valence-corrected chi connectivity index (χ2v) is 3.12. The van der Waals surface area contributed by atoms with E-state index in [0.717, 1.165) is 0 Å². The van der Waals surface area contributed by atoms with E-state index in [-0.39, 0.29) is 5.69 Å². The SMILES string of the molecule is O=[N+]([O-])c1cn[nH]c1-c1nccs1. The fourth-order valence-corrected chi connectivity index (χ4v) is 1.56. The van der Waals surface area contributed by atoms with Gasteiger partial charge < -0.3 is 0 Å². The molecule has 0 bridgehead atoms. The maximum absolute atomic E-state index is 10.5. The Morgan fingerprint density at radius 2 is 2.46 bits per heavy atom. The predicted octanol–water partition coefficient (Wildman–Crippen LogP) is 1.44. The van der Waals surface area contributed by atoms with Gasteiger partial charge in [-0.1, -0.05) is 0 Å². The lowest BCUT2D eigenvalue weighted by Gasteiger charge is -1.89. The minimum absolute atomic E-state index is 0.0463. The van der Waals surface area contributed by atoms with Gasteiger partial charge in [-0.3, -0.25) is 15.2 Å². The molecule has 0 aliphatic heterocycles. The molecule has 66 valence electrons. The average Bonchev–Trinajstić information content (AvgIpc) is 2.74. The fourth-order valence-electron chi connectivity index (χ4n) is 0.923. The third-order valence-electron chi connectivity index (χ3n) is 1.46. The third kappa shape index (κ3) is 1.29. The minimum atomic E-state index is -0.486. The Morgan fingerprint density at radius 3 is 3.08 bits per heavy atom. The monoisotopic (exact) mass is 196 g/mol. The zero-order chi connectivity index (χ0) is 9.26. The van der Waals surface area contributed by atoms with Crippen molar-refractivity contribution in [3.05, 3.63) is 27.9 Å². The number of rotatable bonds is 2. The Bertz CT molecular complexity index is 422. The van der Waals surface area contributed by atoms with E-state index < -0.39 is 4.92 Å². The van der Waals surface area contributed by atoms with Gasteiger partial charge in [-0.15, -0.1) is 11.3 Å². The summed E-state index contributed by atoms with van der Waals surface area (Å²) in [5, 5.41) is 19.0. The highest BCUT2D eigenvalue weighted by molar-refractivity contribution is 7.13. The Balaban J connectivity index is 2.52. The number of hydrogen-bond donors (Lipinski definition) is 1. The summed E-state index contributed by atoms with van der Waals surface area (Å²) in [6.45, 7) is 0. The van der Waals surface area contributed by atoms with Crippen LogP contribution in [0.25, 0.3) is 10.7 Å². The van der Waals surface area contributed by atoms with Crippen molar-refractivity contribution in [2.45, 2.75) is 0 Å². The van der Waals surface area contributed by atoms with Gasteiger partial charge in [-0.2, -0.15) is 5.10 Å². The molecule has 2 aromatic heterocycles. The van der Waals surface area contributed by atoms with Gasteiger partial charge in [0.25, 0.3) is 0 Å². The van der Waals surface area contributed by atoms with Crippen LogP contribution in [0.4, 0.5) is 5.69 Å². The molecule has 0 saturated carbocycles. The maximum Gasteiger partial charge on any atom is 0.317 e. The molecule has 0 aliphatic rings. The molecular weight excluding hydrogens is 192 g/mol.